The summed E-state index contributed by atoms with van der Waals surface area (Å²) in [7, 11) is 2.13. The van der Waals surface area contributed by atoms with Gasteiger partial charge < -0.3 is 10.2 Å². The molecule has 1 saturated heterocycles. The normalized spacial score (nSPS) is 18.2. The summed E-state index contributed by atoms with van der Waals surface area (Å²) in [5.41, 5.74) is 0.957. The summed E-state index contributed by atoms with van der Waals surface area (Å²) in [4.78, 5) is 18.9. The van der Waals surface area contributed by atoms with Crippen LogP contribution in [0.25, 0.3) is 0 Å². The van der Waals surface area contributed by atoms with Gasteiger partial charge in [-0.1, -0.05) is 20.8 Å². The predicted octanol–water partition coefficient (Wildman–Crippen LogP) is 2.19. The summed E-state index contributed by atoms with van der Waals surface area (Å²) in [5.74, 6) is 0.102. The van der Waals surface area contributed by atoms with Crippen molar-refractivity contribution in [3.05, 3.63) is 16.1 Å². The van der Waals surface area contributed by atoms with Crippen LogP contribution in [-0.4, -0.2) is 42.0 Å². The van der Waals surface area contributed by atoms with Gasteiger partial charge in [-0.15, -0.1) is 11.3 Å². The van der Waals surface area contributed by atoms with Crippen LogP contribution in [-0.2, 0) is 16.6 Å². The Kier molecular flexibility index (Phi) is 4.81. The Morgan fingerprint density at radius 3 is 2.65 bits per heavy atom. The monoisotopic (exact) mass is 295 g/mol. The molecule has 1 aromatic heterocycles. The molecule has 0 spiro atoms. The van der Waals surface area contributed by atoms with Crippen molar-refractivity contribution in [2.24, 2.45) is 0 Å². The molecule has 1 aliphatic rings. The number of carbonyl (C=O) groups is 1. The highest BCUT2D eigenvalue weighted by Gasteiger charge is 2.21. The molecule has 1 N–H and O–H groups in total. The molecule has 1 aromatic rings. The second-order valence-electron chi connectivity index (χ2n) is 6.72. The topological polar surface area (TPSA) is 45.2 Å². The van der Waals surface area contributed by atoms with E-state index in [2.05, 4.69) is 43.0 Å². The van der Waals surface area contributed by atoms with Crippen molar-refractivity contribution in [1.29, 1.82) is 0 Å². The van der Waals surface area contributed by atoms with Crippen LogP contribution in [0.15, 0.2) is 5.38 Å². The molecule has 0 aliphatic carbocycles. The molecule has 0 saturated carbocycles. The maximum absolute atomic E-state index is 12.1. The Morgan fingerprint density at radius 2 is 2.10 bits per heavy atom. The first-order valence-corrected chi connectivity index (χ1v) is 8.15. The number of thiazole rings is 1. The lowest BCUT2D eigenvalue weighted by Gasteiger charge is -2.29. The minimum Gasteiger partial charge on any atom is -0.353 e. The molecule has 0 bridgehead atoms. The molecule has 4 nitrogen and oxygen atoms in total. The van der Waals surface area contributed by atoms with Gasteiger partial charge in [-0.3, -0.25) is 4.79 Å². The van der Waals surface area contributed by atoms with Crippen molar-refractivity contribution in [3.63, 3.8) is 0 Å². The maximum Gasteiger partial charge on any atom is 0.226 e. The van der Waals surface area contributed by atoms with Crippen LogP contribution >= 0.6 is 11.3 Å². The number of nitrogens with zero attached hydrogens (tertiary/aromatic N) is 2. The molecule has 1 aliphatic heterocycles. The number of amides is 1. The first kappa shape index (κ1) is 15.4. The number of likely N-dealkylation sites (tertiary alicyclic amines) is 1. The second kappa shape index (κ2) is 6.22. The first-order valence-electron chi connectivity index (χ1n) is 7.27. The maximum atomic E-state index is 12.1. The highest BCUT2D eigenvalue weighted by Crippen LogP contribution is 2.25. The van der Waals surface area contributed by atoms with Crippen molar-refractivity contribution >= 4 is 17.2 Å². The highest BCUT2D eigenvalue weighted by molar-refractivity contribution is 7.09. The van der Waals surface area contributed by atoms with Crippen molar-refractivity contribution in [1.82, 2.24) is 15.2 Å². The number of rotatable bonds is 3. The summed E-state index contributed by atoms with van der Waals surface area (Å²) in [6.07, 6.45) is 2.50. The Hall–Kier alpha value is -0.940. The third-order valence-corrected chi connectivity index (χ3v) is 4.94. The summed E-state index contributed by atoms with van der Waals surface area (Å²) in [6, 6.07) is 0.333. The third kappa shape index (κ3) is 4.28. The van der Waals surface area contributed by atoms with Gasteiger partial charge in [-0.2, -0.15) is 0 Å². The van der Waals surface area contributed by atoms with Crippen LogP contribution in [0.3, 0.4) is 0 Å². The largest absolute Gasteiger partial charge is 0.353 e. The van der Waals surface area contributed by atoms with Gasteiger partial charge in [0, 0.05) is 16.8 Å². The molecule has 5 heteroatoms. The Morgan fingerprint density at radius 1 is 1.45 bits per heavy atom. The Bertz CT molecular complexity index is 456. The van der Waals surface area contributed by atoms with Crippen LogP contribution in [0.2, 0.25) is 0 Å². The van der Waals surface area contributed by atoms with E-state index in [1.165, 1.54) is 0 Å². The fraction of sp³-hybridized carbons (Fsp3) is 0.733. The highest BCUT2D eigenvalue weighted by atomic mass is 32.1. The van der Waals surface area contributed by atoms with Gasteiger partial charge in [0.15, 0.2) is 0 Å². The standard InChI is InChI=1S/C15H25N3OS/c1-15(2,3)14-17-12(10-20-14)9-13(19)16-11-5-7-18(4)8-6-11/h10-11H,5-9H2,1-4H3,(H,16,19). The number of piperidine rings is 1. The molecular formula is C15H25N3OS. The lowest BCUT2D eigenvalue weighted by Crippen LogP contribution is -2.43. The SMILES string of the molecule is CN1CCC(NC(=O)Cc2csc(C(C)(C)C)n2)CC1. The summed E-state index contributed by atoms with van der Waals surface area (Å²) >= 11 is 1.65. The van der Waals surface area contributed by atoms with Crippen LogP contribution in [0.5, 0.6) is 0 Å². The molecule has 0 unspecified atom stereocenters. The number of hydrogen-bond donors (Lipinski definition) is 1. The van der Waals surface area contributed by atoms with E-state index in [0.717, 1.165) is 36.6 Å². The van der Waals surface area contributed by atoms with Crippen LogP contribution < -0.4 is 5.32 Å². The molecule has 0 aromatic carbocycles. The summed E-state index contributed by atoms with van der Waals surface area (Å²) < 4.78 is 0. The quantitative estimate of drug-likeness (QED) is 0.930. The van der Waals surface area contributed by atoms with Gasteiger partial charge in [-0.25, -0.2) is 4.98 Å². The second-order valence-corrected chi connectivity index (χ2v) is 7.57. The van der Waals surface area contributed by atoms with Crippen LogP contribution in [0.1, 0.15) is 44.3 Å². The molecule has 0 atom stereocenters. The first-order chi connectivity index (χ1) is 9.34. The third-order valence-electron chi connectivity index (χ3n) is 3.62. The van der Waals surface area contributed by atoms with E-state index < -0.39 is 0 Å². The summed E-state index contributed by atoms with van der Waals surface area (Å²) in [6.45, 7) is 8.57. The van der Waals surface area contributed by atoms with E-state index in [4.69, 9.17) is 0 Å². The lowest BCUT2D eigenvalue weighted by molar-refractivity contribution is -0.121. The average molecular weight is 295 g/mol. The zero-order valence-electron chi connectivity index (χ0n) is 12.9. The molecule has 2 rings (SSSR count). The van der Waals surface area contributed by atoms with Gasteiger partial charge in [0.05, 0.1) is 17.1 Å². The molecular weight excluding hydrogens is 270 g/mol. The van der Waals surface area contributed by atoms with Gasteiger partial charge in [0.2, 0.25) is 5.91 Å². The van der Waals surface area contributed by atoms with Crippen LogP contribution in [0.4, 0.5) is 0 Å². The number of carbonyl (C=O) groups excluding carboxylic acids is 1. The fourth-order valence-corrected chi connectivity index (χ4v) is 3.24. The van der Waals surface area contributed by atoms with Crippen LogP contribution in [0, 0.1) is 0 Å². The average Bonchev–Trinajstić information content (AvgIpc) is 2.80. The van der Waals surface area contributed by atoms with E-state index in [1.807, 2.05) is 5.38 Å². The fourth-order valence-electron chi connectivity index (χ4n) is 2.33. The van der Waals surface area contributed by atoms with E-state index in [-0.39, 0.29) is 11.3 Å². The number of hydrogen-bond acceptors (Lipinski definition) is 4. The molecule has 20 heavy (non-hydrogen) atoms. The minimum absolute atomic E-state index is 0.0628. The van der Waals surface area contributed by atoms with Crippen molar-refractivity contribution < 1.29 is 4.79 Å². The lowest BCUT2D eigenvalue weighted by atomic mass is 9.98. The van der Waals surface area contributed by atoms with Crippen molar-refractivity contribution in [2.45, 2.75) is 51.5 Å². The van der Waals surface area contributed by atoms with Gasteiger partial charge in [0.1, 0.15) is 0 Å². The Balaban J connectivity index is 1.84. The van der Waals surface area contributed by atoms with E-state index in [9.17, 15) is 4.79 Å². The molecule has 1 amide bonds. The van der Waals surface area contributed by atoms with Crippen molar-refractivity contribution in [3.8, 4) is 0 Å². The minimum atomic E-state index is 0.0628. The number of nitrogens with one attached hydrogen (secondary N) is 1. The van der Waals surface area contributed by atoms with E-state index >= 15 is 0 Å². The molecule has 0 radical (unpaired) electrons. The molecule has 1 fully saturated rings. The zero-order valence-corrected chi connectivity index (χ0v) is 13.7. The molecule has 2 heterocycles. The zero-order chi connectivity index (χ0) is 14.8. The predicted molar refractivity (Wildman–Crippen MR) is 83.2 cm³/mol. The number of aromatic nitrogens is 1. The Labute approximate surface area is 125 Å². The van der Waals surface area contributed by atoms with Crippen molar-refractivity contribution in [2.75, 3.05) is 20.1 Å². The smallest absolute Gasteiger partial charge is 0.226 e. The van der Waals surface area contributed by atoms with Gasteiger partial charge in [-0.05, 0) is 33.0 Å². The van der Waals surface area contributed by atoms with E-state index in [0.29, 0.717) is 12.5 Å². The van der Waals surface area contributed by atoms with E-state index in [1.54, 1.807) is 11.3 Å². The molecule has 112 valence electrons. The van der Waals surface area contributed by atoms with Gasteiger partial charge >= 0.3 is 0 Å². The van der Waals surface area contributed by atoms with Gasteiger partial charge in [0.25, 0.3) is 0 Å². The summed E-state index contributed by atoms with van der Waals surface area (Å²) in [5, 5.41) is 6.24.